The number of alkyl halides is 1. The summed E-state index contributed by atoms with van der Waals surface area (Å²) in [6, 6.07) is 11.4. The third-order valence-electron chi connectivity index (χ3n) is 5.07. The molecule has 0 unspecified atom stereocenters. The average Bonchev–Trinajstić information content (AvgIpc) is 3.01. The van der Waals surface area contributed by atoms with Gasteiger partial charge in [0.2, 0.25) is 0 Å². The largest absolute Gasteiger partial charge is 0.488 e. The predicted molar refractivity (Wildman–Crippen MR) is 101 cm³/mol. The van der Waals surface area contributed by atoms with Crippen LogP contribution in [0.3, 0.4) is 0 Å². The molecular formula is C21H23BrO2. The highest BCUT2D eigenvalue weighted by Crippen LogP contribution is 2.38. The van der Waals surface area contributed by atoms with Crippen LogP contribution in [-0.4, -0.2) is 19.3 Å². The molecule has 2 nitrogen and oxygen atoms in total. The van der Waals surface area contributed by atoms with Gasteiger partial charge in [-0.05, 0) is 71.7 Å². The Morgan fingerprint density at radius 2 is 2.04 bits per heavy atom. The molecule has 1 aliphatic carbocycles. The average molecular weight is 387 g/mol. The summed E-state index contributed by atoms with van der Waals surface area (Å²) in [5.41, 5.74) is 8.38. The summed E-state index contributed by atoms with van der Waals surface area (Å²) in [4.78, 5) is 0. The second-order valence-corrected chi connectivity index (χ2v) is 7.42. The highest BCUT2D eigenvalue weighted by molar-refractivity contribution is 9.08. The van der Waals surface area contributed by atoms with Crippen molar-refractivity contribution in [3.05, 3.63) is 52.6 Å². The molecule has 0 aromatic heterocycles. The van der Waals surface area contributed by atoms with E-state index in [4.69, 9.17) is 9.47 Å². The number of halogens is 1. The minimum Gasteiger partial charge on any atom is -0.488 e. The summed E-state index contributed by atoms with van der Waals surface area (Å²) >= 11 is 3.59. The van der Waals surface area contributed by atoms with Crippen molar-refractivity contribution in [1.82, 2.24) is 0 Å². The minimum atomic E-state index is 0.209. The van der Waals surface area contributed by atoms with E-state index in [1.54, 1.807) is 0 Å². The number of hydrogen-bond donors (Lipinski definition) is 0. The van der Waals surface area contributed by atoms with Gasteiger partial charge >= 0.3 is 0 Å². The fourth-order valence-corrected chi connectivity index (χ4v) is 4.25. The molecule has 0 radical (unpaired) electrons. The molecule has 2 aromatic rings. The van der Waals surface area contributed by atoms with Gasteiger partial charge in [-0.2, -0.15) is 0 Å². The Morgan fingerprint density at radius 3 is 2.83 bits per heavy atom. The normalized spacial score (nSPS) is 19.5. The lowest BCUT2D eigenvalue weighted by Gasteiger charge is -2.18. The van der Waals surface area contributed by atoms with Gasteiger partial charge in [0.25, 0.3) is 0 Å². The van der Waals surface area contributed by atoms with E-state index in [0.29, 0.717) is 6.61 Å². The lowest BCUT2D eigenvalue weighted by molar-refractivity contribution is 0.141. The highest BCUT2D eigenvalue weighted by atomic mass is 79.9. The lowest BCUT2D eigenvalue weighted by atomic mass is 9.91. The smallest absolute Gasteiger partial charge is 0.124 e. The molecule has 3 heteroatoms. The molecule has 4 rings (SSSR count). The zero-order valence-electron chi connectivity index (χ0n) is 14.1. The fourth-order valence-electron chi connectivity index (χ4n) is 3.90. The molecule has 0 saturated carbocycles. The summed E-state index contributed by atoms with van der Waals surface area (Å²) in [7, 11) is 0. The Morgan fingerprint density at radius 1 is 1.17 bits per heavy atom. The van der Waals surface area contributed by atoms with Gasteiger partial charge < -0.3 is 9.47 Å². The standard InChI is InChI=1S/C21H23BrO2/c1-14-9-19(24-18-7-8-23-13-18)11-17-4-2-3-16-6-5-15(12-22)10-20(16)21(14)17/h5-6,9-11,18H,2-4,7-8,12-13H2,1H3/t18-/m1/s1. The molecular weight excluding hydrogens is 364 g/mol. The van der Waals surface area contributed by atoms with Crippen molar-refractivity contribution < 1.29 is 9.47 Å². The first kappa shape index (κ1) is 16.2. The summed E-state index contributed by atoms with van der Waals surface area (Å²) in [6.45, 7) is 3.75. The van der Waals surface area contributed by atoms with Crippen LogP contribution in [0.4, 0.5) is 0 Å². The van der Waals surface area contributed by atoms with Crippen molar-refractivity contribution in [3.63, 3.8) is 0 Å². The van der Waals surface area contributed by atoms with Crippen LogP contribution in [0.2, 0.25) is 0 Å². The molecule has 2 aliphatic rings. The predicted octanol–water partition coefficient (Wildman–Crippen LogP) is 5.21. The molecule has 1 aliphatic heterocycles. The van der Waals surface area contributed by atoms with E-state index in [-0.39, 0.29) is 6.10 Å². The molecule has 0 amide bonds. The zero-order chi connectivity index (χ0) is 16.5. The third-order valence-corrected chi connectivity index (χ3v) is 5.72. The fraction of sp³-hybridized carbons (Fsp3) is 0.429. The Bertz CT molecular complexity index is 748. The maximum Gasteiger partial charge on any atom is 0.124 e. The first-order chi connectivity index (χ1) is 11.7. The molecule has 0 bridgehead atoms. The van der Waals surface area contributed by atoms with Crippen LogP contribution in [0.15, 0.2) is 30.3 Å². The van der Waals surface area contributed by atoms with Crippen molar-refractivity contribution in [2.75, 3.05) is 13.2 Å². The zero-order valence-corrected chi connectivity index (χ0v) is 15.7. The van der Waals surface area contributed by atoms with Crippen LogP contribution >= 0.6 is 15.9 Å². The van der Waals surface area contributed by atoms with E-state index in [1.165, 1.54) is 39.8 Å². The van der Waals surface area contributed by atoms with Crippen molar-refractivity contribution in [3.8, 4) is 16.9 Å². The van der Waals surface area contributed by atoms with Crippen LogP contribution in [0.25, 0.3) is 11.1 Å². The minimum absolute atomic E-state index is 0.209. The first-order valence-electron chi connectivity index (χ1n) is 8.80. The molecule has 2 aromatic carbocycles. The molecule has 0 spiro atoms. The summed E-state index contributed by atoms with van der Waals surface area (Å²) in [5.74, 6) is 1.00. The van der Waals surface area contributed by atoms with Crippen LogP contribution in [0, 0.1) is 6.92 Å². The van der Waals surface area contributed by atoms with Crippen molar-refractivity contribution in [2.24, 2.45) is 0 Å². The summed E-state index contributed by atoms with van der Waals surface area (Å²) in [6.07, 6.45) is 4.67. The Labute approximate surface area is 152 Å². The number of aryl methyl sites for hydroxylation is 3. The monoisotopic (exact) mass is 386 g/mol. The van der Waals surface area contributed by atoms with Crippen LogP contribution in [0.1, 0.15) is 35.1 Å². The molecule has 1 saturated heterocycles. The maximum atomic E-state index is 6.16. The molecule has 0 N–H and O–H groups in total. The van der Waals surface area contributed by atoms with Gasteiger partial charge in [0.1, 0.15) is 11.9 Å². The molecule has 1 atom stereocenters. The number of fused-ring (bicyclic) bond motifs is 3. The Kier molecular flexibility index (Phi) is 4.64. The van der Waals surface area contributed by atoms with Crippen LogP contribution in [-0.2, 0) is 22.9 Å². The Balaban J connectivity index is 1.76. The van der Waals surface area contributed by atoms with Gasteiger partial charge in [-0.15, -0.1) is 0 Å². The van der Waals surface area contributed by atoms with E-state index < -0.39 is 0 Å². The first-order valence-corrected chi connectivity index (χ1v) is 9.93. The molecule has 1 heterocycles. The van der Waals surface area contributed by atoms with Crippen LogP contribution in [0.5, 0.6) is 5.75 Å². The highest BCUT2D eigenvalue weighted by Gasteiger charge is 2.21. The number of ether oxygens (including phenoxy) is 2. The summed E-state index contributed by atoms with van der Waals surface area (Å²) in [5, 5.41) is 0.900. The second kappa shape index (κ2) is 6.89. The molecule has 1 fully saturated rings. The van der Waals surface area contributed by atoms with Gasteiger partial charge in [0.05, 0.1) is 13.2 Å². The third kappa shape index (κ3) is 3.12. The van der Waals surface area contributed by atoms with Gasteiger partial charge in [0.15, 0.2) is 0 Å². The van der Waals surface area contributed by atoms with Crippen LogP contribution < -0.4 is 4.74 Å². The number of rotatable bonds is 3. The number of hydrogen-bond acceptors (Lipinski definition) is 2. The van der Waals surface area contributed by atoms with Gasteiger partial charge in [-0.3, -0.25) is 0 Å². The second-order valence-electron chi connectivity index (χ2n) is 6.86. The quantitative estimate of drug-likeness (QED) is 0.673. The van der Waals surface area contributed by atoms with E-state index in [2.05, 4.69) is 53.2 Å². The topological polar surface area (TPSA) is 18.5 Å². The Hall–Kier alpha value is -1.32. The van der Waals surface area contributed by atoms with Gasteiger partial charge in [-0.25, -0.2) is 0 Å². The van der Waals surface area contributed by atoms with E-state index in [9.17, 15) is 0 Å². The summed E-state index contributed by atoms with van der Waals surface area (Å²) < 4.78 is 11.6. The van der Waals surface area contributed by atoms with Crippen molar-refractivity contribution in [2.45, 2.75) is 44.0 Å². The maximum absolute atomic E-state index is 6.16. The van der Waals surface area contributed by atoms with Gasteiger partial charge in [-0.1, -0.05) is 34.1 Å². The van der Waals surface area contributed by atoms with E-state index >= 15 is 0 Å². The number of benzene rings is 2. The molecule has 126 valence electrons. The van der Waals surface area contributed by atoms with E-state index in [1.807, 2.05) is 0 Å². The SMILES string of the molecule is Cc1cc(O[C@@H]2CCOC2)cc2c1-c1cc(CBr)ccc1CCC2. The van der Waals surface area contributed by atoms with E-state index in [0.717, 1.165) is 36.9 Å². The van der Waals surface area contributed by atoms with Crippen molar-refractivity contribution in [1.29, 1.82) is 0 Å². The van der Waals surface area contributed by atoms with Crippen molar-refractivity contribution >= 4 is 15.9 Å². The molecule has 24 heavy (non-hydrogen) atoms. The lowest BCUT2D eigenvalue weighted by Crippen LogP contribution is -2.16. The van der Waals surface area contributed by atoms with Gasteiger partial charge in [0, 0.05) is 11.8 Å².